The van der Waals surface area contributed by atoms with Crippen molar-refractivity contribution in [3.8, 4) is 23.0 Å². The van der Waals surface area contributed by atoms with E-state index >= 15 is 0 Å². The summed E-state index contributed by atoms with van der Waals surface area (Å²) in [5.41, 5.74) is 0.294. The molecule has 0 atom stereocenters. The van der Waals surface area contributed by atoms with Crippen LogP contribution in [0.25, 0.3) is 0 Å². The van der Waals surface area contributed by atoms with E-state index < -0.39 is 29.2 Å². The van der Waals surface area contributed by atoms with Crippen LogP contribution in [-0.2, 0) is 0 Å². The van der Waals surface area contributed by atoms with Gasteiger partial charge in [-0.25, -0.2) is 4.79 Å². The van der Waals surface area contributed by atoms with Gasteiger partial charge in [0, 0.05) is 30.9 Å². The van der Waals surface area contributed by atoms with Crippen molar-refractivity contribution in [3.63, 3.8) is 0 Å². The largest absolute Gasteiger partial charge is 0.504 e. The normalized spacial score (nSPS) is 10.2. The lowest BCUT2D eigenvalue weighted by atomic mass is 10.1. The van der Waals surface area contributed by atoms with Crippen molar-refractivity contribution in [2.45, 2.75) is 6.92 Å². The molecule has 0 aromatic heterocycles. The molecule has 0 bridgehead atoms. The monoisotopic (exact) mass is 346 g/mol. The average Bonchev–Trinajstić information content (AvgIpc) is 2.58. The van der Waals surface area contributed by atoms with Crippen molar-refractivity contribution in [3.05, 3.63) is 42.0 Å². The highest BCUT2D eigenvalue weighted by molar-refractivity contribution is 6.05. The van der Waals surface area contributed by atoms with Gasteiger partial charge in [-0.15, -0.1) is 0 Å². The van der Waals surface area contributed by atoms with Gasteiger partial charge in [-0.05, 0) is 31.2 Å². The van der Waals surface area contributed by atoms with Gasteiger partial charge in [0.15, 0.2) is 17.2 Å². The maximum atomic E-state index is 12.2. The average molecular weight is 346 g/mol. The molecule has 2 amide bonds. The molecule has 25 heavy (non-hydrogen) atoms. The zero-order chi connectivity index (χ0) is 18.6. The van der Waals surface area contributed by atoms with Crippen LogP contribution in [0.4, 0.5) is 10.5 Å². The summed E-state index contributed by atoms with van der Waals surface area (Å²) < 4.78 is 5.17. The minimum Gasteiger partial charge on any atom is -0.504 e. The minimum absolute atomic E-state index is 0.0547. The number of carbonyl (C=O) groups is 2. The maximum Gasteiger partial charge on any atom is 0.414 e. The first-order valence-electron chi connectivity index (χ1n) is 7.41. The van der Waals surface area contributed by atoms with Gasteiger partial charge in [-0.3, -0.25) is 4.79 Å². The van der Waals surface area contributed by atoms with Crippen LogP contribution >= 0.6 is 0 Å². The lowest BCUT2D eigenvalue weighted by Crippen LogP contribution is -2.29. The Morgan fingerprint density at radius 3 is 2.36 bits per heavy atom. The van der Waals surface area contributed by atoms with E-state index in [1.165, 1.54) is 11.0 Å². The third kappa shape index (κ3) is 4.31. The molecule has 2 rings (SSSR count). The van der Waals surface area contributed by atoms with Crippen LogP contribution in [-0.4, -0.2) is 45.8 Å². The quantitative estimate of drug-likeness (QED) is 0.632. The molecule has 0 radical (unpaired) electrons. The van der Waals surface area contributed by atoms with Crippen molar-refractivity contribution in [1.29, 1.82) is 0 Å². The number of rotatable bonds is 4. The van der Waals surface area contributed by atoms with E-state index in [9.17, 15) is 24.9 Å². The number of hydrogen-bond donors (Lipinski definition) is 4. The summed E-state index contributed by atoms with van der Waals surface area (Å²) >= 11 is 0. The predicted octanol–water partition coefficient (Wildman–Crippen LogP) is 2.51. The smallest absolute Gasteiger partial charge is 0.414 e. The molecule has 2 aromatic rings. The van der Waals surface area contributed by atoms with Crippen LogP contribution in [0.3, 0.4) is 0 Å². The van der Waals surface area contributed by atoms with Gasteiger partial charge in [0.25, 0.3) is 5.91 Å². The van der Waals surface area contributed by atoms with Crippen molar-refractivity contribution in [1.82, 2.24) is 4.90 Å². The Morgan fingerprint density at radius 1 is 1.12 bits per heavy atom. The summed E-state index contributed by atoms with van der Waals surface area (Å²) in [6.45, 7) is 2.30. The van der Waals surface area contributed by atoms with E-state index in [1.807, 2.05) is 0 Å². The van der Waals surface area contributed by atoms with Crippen molar-refractivity contribution >= 4 is 17.7 Å². The molecule has 0 saturated carbocycles. The van der Waals surface area contributed by atoms with Gasteiger partial charge in [0.05, 0.1) is 0 Å². The number of anilines is 1. The van der Waals surface area contributed by atoms with Gasteiger partial charge in [0.2, 0.25) is 0 Å². The first-order valence-corrected chi connectivity index (χ1v) is 7.41. The third-order valence-corrected chi connectivity index (χ3v) is 3.41. The van der Waals surface area contributed by atoms with Crippen LogP contribution in [0.2, 0.25) is 0 Å². The van der Waals surface area contributed by atoms with Crippen LogP contribution in [0, 0.1) is 0 Å². The van der Waals surface area contributed by atoms with Crippen LogP contribution in [0.1, 0.15) is 17.3 Å². The zero-order valence-electron chi connectivity index (χ0n) is 13.7. The second kappa shape index (κ2) is 7.43. The molecule has 8 heteroatoms. The fourth-order valence-electron chi connectivity index (χ4n) is 1.88. The molecule has 2 aromatic carbocycles. The fraction of sp³-hybridized carbons (Fsp3) is 0.176. The SMILES string of the molecule is CCN(C)C(=O)Oc1cccc(NC(=O)c2cc(O)c(O)c(O)c2)c1. The Balaban J connectivity index is 2.14. The summed E-state index contributed by atoms with van der Waals surface area (Å²) in [5.74, 6) is -2.31. The number of carbonyl (C=O) groups excluding carboxylic acids is 2. The Kier molecular flexibility index (Phi) is 5.33. The van der Waals surface area contributed by atoms with E-state index in [0.717, 1.165) is 12.1 Å². The number of amides is 2. The molecule has 0 aliphatic rings. The topological polar surface area (TPSA) is 119 Å². The third-order valence-electron chi connectivity index (χ3n) is 3.41. The highest BCUT2D eigenvalue weighted by atomic mass is 16.6. The number of nitrogens with one attached hydrogen (secondary N) is 1. The highest BCUT2D eigenvalue weighted by Gasteiger charge is 2.14. The number of hydrogen-bond acceptors (Lipinski definition) is 6. The first kappa shape index (κ1) is 17.9. The second-order valence-electron chi connectivity index (χ2n) is 5.23. The number of phenols is 3. The summed E-state index contributed by atoms with van der Waals surface area (Å²) in [6.07, 6.45) is -0.528. The van der Waals surface area contributed by atoms with Gasteiger partial charge in [0.1, 0.15) is 5.75 Å². The minimum atomic E-state index is -0.703. The second-order valence-corrected chi connectivity index (χ2v) is 5.23. The lowest BCUT2D eigenvalue weighted by Gasteiger charge is -2.14. The summed E-state index contributed by atoms with van der Waals surface area (Å²) in [4.78, 5) is 25.3. The number of aromatic hydroxyl groups is 3. The van der Waals surface area contributed by atoms with Crippen LogP contribution in [0.15, 0.2) is 36.4 Å². The Hall–Kier alpha value is -3.42. The molecule has 0 heterocycles. The van der Waals surface area contributed by atoms with Crippen molar-refractivity contribution in [2.24, 2.45) is 0 Å². The summed E-state index contributed by atoms with van der Waals surface area (Å²) in [5, 5.41) is 30.8. The van der Waals surface area contributed by atoms with Crippen LogP contribution in [0.5, 0.6) is 23.0 Å². The predicted molar refractivity (Wildman–Crippen MR) is 90.2 cm³/mol. The Bertz CT molecular complexity index is 782. The van der Waals surface area contributed by atoms with E-state index in [2.05, 4.69) is 5.32 Å². The number of phenolic OH excluding ortho intramolecular Hbond substituents is 3. The van der Waals surface area contributed by atoms with E-state index in [1.54, 1.807) is 32.2 Å². The Morgan fingerprint density at radius 2 is 1.76 bits per heavy atom. The maximum absolute atomic E-state index is 12.2. The van der Waals surface area contributed by atoms with Gasteiger partial charge in [-0.2, -0.15) is 0 Å². The van der Waals surface area contributed by atoms with E-state index in [-0.39, 0.29) is 11.3 Å². The zero-order valence-corrected chi connectivity index (χ0v) is 13.7. The molecule has 0 saturated heterocycles. The molecule has 0 aliphatic carbocycles. The molecule has 0 spiro atoms. The van der Waals surface area contributed by atoms with Gasteiger partial charge < -0.3 is 30.3 Å². The number of ether oxygens (including phenoxy) is 1. The molecule has 132 valence electrons. The molecule has 4 N–H and O–H groups in total. The summed E-state index contributed by atoms with van der Waals surface area (Å²) in [6, 6.07) is 8.23. The van der Waals surface area contributed by atoms with E-state index in [4.69, 9.17) is 4.74 Å². The highest BCUT2D eigenvalue weighted by Crippen LogP contribution is 2.35. The van der Waals surface area contributed by atoms with Gasteiger partial charge >= 0.3 is 6.09 Å². The van der Waals surface area contributed by atoms with Gasteiger partial charge in [-0.1, -0.05) is 6.07 Å². The fourth-order valence-corrected chi connectivity index (χ4v) is 1.88. The number of nitrogens with zero attached hydrogens (tertiary/aromatic N) is 1. The molecular formula is C17H18N2O6. The van der Waals surface area contributed by atoms with Crippen LogP contribution < -0.4 is 10.1 Å². The Labute approximate surface area is 143 Å². The molecule has 0 aliphatic heterocycles. The molecule has 8 nitrogen and oxygen atoms in total. The first-order chi connectivity index (χ1) is 11.8. The van der Waals surface area contributed by atoms with E-state index in [0.29, 0.717) is 12.2 Å². The molecule has 0 fully saturated rings. The van der Waals surface area contributed by atoms with Crippen molar-refractivity contribution in [2.75, 3.05) is 18.9 Å². The standard InChI is InChI=1S/C17H18N2O6/c1-3-19(2)17(24)25-12-6-4-5-11(9-12)18-16(23)10-7-13(20)15(22)14(21)8-10/h4-9,20-22H,3H2,1-2H3,(H,18,23). The van der Waals surface area contributed by atoms with Crippen molar-refractivity contribution < 1.29 is 29.6 Å². The molecular weight excluding hydrogens is 328 g/mol. The number of benzene rings is 2. The summed E-state index contributed by atoms with van der Waals surface area (Å²) in [7, 11) is 1.59. The lowest BCUT2D eigenvalue weighted by molar-refractivity contribution is 0.102. The molecule has 0 unspecified atom stereocenters.